The van der Waals surface area contributed by atoms with E-state index in [2.05, 4.69) is 35.7 Å². The maximum atomic E-state index is 11.5. The largest absolute Gasteiger partial charge is 0.512 e. The third kappa shape index (κ3) is 10.0. The topological polar surface area (TPSA) is 86.8 Å². The second-order valence-corrected chi connectivity index (χ2v) is 9.80. The molecule has 0 bridgehead atoms. The van der Waals surface area contributed by atoms with Crippen molar-refractivity contribution < 1.29 is 43.2 Å². The predicted molar refractivity (Wildman–Crippen MR) is 99.2 cm³/mol. The summed E-state index contributed by atoms with van der Waals surface area (Å²) in [6, 6.07) is 0. The lowest BCUT2D eigenvalue weighted by molar-refractivity contribution is -0.0476. The van der Waals surface area contributed by atoms with Gasteiger partial charge in [0.05, 0.1) is 6.67 Å². The first-order chi connectivity index (χ1) is 13.6. The van der Waals surface area contributed by atoms with Crippen LogP contribution in [0.4, 0.5) is 26.3 Å². The van der Waals surface area contributed by atoms with Crippen molar-refractivity contribution in [2.24, 2.45) is 0 Å². The second kappa shape index (κ2) is 11.8. The van der Waals surface area contributed by atoms with Crippen molar-refractivity contribution in [3.63, 3.8) is 0 Å². The van der Waals surface area contributed by atoms with Crippen molar-refractivity contribution in [2.75, 3.05) is 13.2 Å². The van der Waals surface area contributed by atoms with Gasteiger partial charge in [0.1, 0.15) is 0 Å². The number of rotatable bonds is 10. The van der Waals surface area contributed by atoms with Crippen LogP contribution >= 0.6 is 0 Å². The van der Waals surface area contributed by atoms with Crippen LogP contribution in [0.1, 0.15) is 45.4 Å². The molecule has 0 saturated carbocycles. The van der Waals surface area contributed by atoms with Crippen LogP contribution in [-0.4, -0.2) is 50.9 Å². The lowest BCUT2D eigenvalue weighted by Crippen LogP contribution is -2.45. The van der Waals surface area contributed by atoms with Gasteiger partial charge in [-0.25, -0.2) is 16.8 Å². The predicted octanol–water partition coefficient (Wildman–Crippen LogP) is 3.81. The van der Waals surface area contributed by atoms with E-state index in [4.69, 9.17) is 0 Å². The van der Waals surface area contributed by atoms with Gasteiger partial charge in [-0.2, -0.15) is 26.3 Å². The lowest BCUT2D eigenvalue weighted by Gasteiger charge is -2.18. The van der Waals surface area contributed by atoms with Gasteiger partial charge in [0.15, 0.2) is 0 Å². The van der Waals surface area contributed by atoms with E-state index in [1.165, 1.54) is 45.1 Å². The first-order valence-electron chi connectivity index (χ1n) is 8.79. The fraction of sp³-hybridized carbons (Fsp3) is 0.733. The molecule has 0 amide bonds. The molecule has 0 atom stereocenters. The lowest BCUT2D eigenvalue weighted by atomic mass is 10.1. The third-order valence-electron chi connectivity index (χ3n) is 3.68. The van der Waals surface area contributed by atoms with E-state index in [0.717, 1.165) is 6.67 Å². The van der Waals surface area contributed by atoms with Crippen molar-refractivity contribution >= 4 is 20.0 Å². The number of hydrogen-bond donors (Lipinski definition) is 1. The molecule has 0 radical (unpaired) electrons. The van der Waals surface area contributed by atoms with E-state index in [1.807, 2.05) is 6.20 Å². The Bertz CT molecular complexity index is 722. The Balaban J connectivity index is 0.000000561. The molecule has 0 unspecified atom stereocenters. The van der Waals surface area contributed by atoms with Gasteiger partial charge in [-0.15, -0.1) is 0 Å². The molecule has 0 aromatic rings. The highest BCUT2D eigenvalue weighted by Gasteiger charge is 2.55. The number of nitrogens with one attached hydrogen (secondary N) is 1. The molecule has 0 saturated heterocycles. The summed E-state index contributed by atoms with van der Waals surface area (Å²) in [7, 11) is -13.2. The first kappa shape index (κ1) is 28.5. The maximum Gasteiger partial charge on any atom is 0.512 e. The SMILES string of the molecule is C=CN1C=CN(CCCCCCCC)C1.O=S(=O)(NS(=O)(=O)C(F)(F)F)C(F)(F)F. The van der Waals surface area contributed by atoms with E-state index in [1.54, 1.807) is 0 Å². The van der Waals surface area contributed by atoms with Gasteiger partial charge < -0.3 is 9.80 Å². The van der Waals surface area contributed by atoms with Gasteiger partial charge in [-0.3, -0.25) is 0 Å². The summed E-state index contributed by atoms with van der Waals surface area (Å²) in [6.45, 7) is 8.19. The van der Waals surface area contributed by atoms with Crippen LogP contribution in [-0.2, 0) is 20.0 Å². The molecule has 1 N–H and O–H groups in total. The molecular formula is C15H25F6N3O4S2. The summed E-state index contributed by atoms with van der Waals surface area (Å²) in [5.41, 5.74) is -12.3. The van der Waals surface area contributed by atoms with Crippen molar-refractivity contribution in [3.05, 3.63) is 25.2 Å². The summed E-state index contributed by atoms with van der Waals surface area (Å²) in [6.07, 6.45) is 14.4. The monoisotopic (exact) mass is 489 g/mol. The maximum absolute atomic E-state index is 11.5. The summed E-state index contributed by atoms with van der Waals surface area (Å²) in [4.78, 5) is 4.46. The Labute approximate surface area is 172 Å². The molecule has 1 rings (SSSR count). The molecule has 1 aliphatic heterocycles. The van der Waals surface area contributed by atoms with Gasteiger partial charge >= 0.3 is 31.1 Å². The molecule has 7 nitrogen and oxygen atoms in total. The van der Waals surface area contributed by atoms with Gasteiger partial charge in [0, 0.05) is 18.9 Å². The van der Waals surface area contributed by atoms with Gasteiger partial charge in [0.2, 0.25) is 0 Å². The highest BCUT2D eigenvalue weighted by atomic mass is 32.3. The van der Waals surface area contributed by atoms with E-state index in [9.17, 15) is 43.2 Å². The second-order valence-electron chi connectivity index (χ2n) is 6.20. The number of halogens is 6. The number of alkyl halides is 6. The highest BCUT2D eigenvalue weighted by Crippen LogP contribution is 2.27. The van der Waals surface area contributed by atoms with Crippen molar-refractivity contribution in [1.82, 2.24) is 13.9 Å². The van der Waals surface area contributed by atoms with Crippen LogP contribution in [0, 0.1) is 0 Å². The number of nitrogens with zero attached hydrogens (tertiary/aromatic N) is 2. The molecule has 0 aromatic carbocycles. The van der Waals surface area contributed by atoms with Crippen molar-refractivity contribution in [2.45, 2.75) is 56.5 Å². The van der Waals surface area contributed by atoms with Crippen LogP contribution in [0.5, 0.6) is 0 Å². The smallest absolute Gasteiger partial charge is 0.358 e. The van der Waals surface area contributed by atoms with E-state index >= 15 is 0 Å². The van der Waals surface area contributed by atoms with Crippen LogP contribution in [0.3, 0.4) is 0 Å². The average molecular weight is 490 g/mol. The average Bonchev–Trinajstić information content (AvgIpc) is 3.03. The normalized spacial score (nSPS) is 15.2. The van der Waals surface area contributed by atoms with Crippen molar-refractivity contribution in [3.8, 4) is 0 Å². The highest BCUT2D eigenvalue weighted by molar-refractivity contribution is 8.05. The van der Waals surface area contributed by atoms with E-state index in [-0.39, 0.29) is 0 Å². The molecule has 178 valence electrons. The number of unbranched alkanes of at least 4 members (excludes halogenated alkanes) is 5. The fourth-order valence-corrected chi connectivity index (χ4v) is 3.99. The summed E-state index contributed by atoms with van der Waals surface area (Å²) in [5.74, 6) is 0. The Morgan fingerprint density at radius 3 is 1.77 bits per heavy atom. The third-order valence-corrected chi connectivity index (χ3v) is 6.65. The van der Waals surface area contributed by atoms with Gasteiger partial charge in [-0.05, 0) is 12.6 Å². The zero-order chi connectivity index (χ0) is 23.6. The molecule has 0 fully saturated rings. The zero-order valence-corrected chi connectivity index (χ0v) is 17.8. The van der Waals surface area contributed by atoms with Gasteiger partial charge in [-0.1, -0.05) is 49.7 Å². The molecule has 0 aliphatic carbocycles. The van der Waals surface area contributed by atoms with E-state index < -0.39 is 35.2 Å². The molecule has 30 heavy (non-hydrogen) atoms. The van der Waals surface area contributed by atoms with Crippen LogP contribution in [0.2, 0.25) is 0 Å². The Morgan fingerprint density at radius 1 is 0.900 bits per heavy atom. The minimum Gasteiger partial charge on any atom is -0.358 e. The molecule has 1 heterocycles. The van der Waals surface area contributed by atoms with Crippen LogP contribution in [0.25, 0.3) is 0 Å². The zero-order valence-electron chi connectivity index (χ0n) is 16.2. The van der Waals surface area contributed by atoms with Gasteiger partial charge in [0.25, 0.3) is 0 Å². The first-order valence-corrected chi connectivity index (χ1v) is 11.8. The molecule has 0 aromatic heterocycles. The Hall–Kier alpha value is -1.48. The molecule has 1 aliphatic rings. The summed E-state index contributed by atoms with van der Waals surface area (Å²) in [5, 5.41) is 0. The molecule has 15 heteroatoms. The van der Waals surface area contributed by atoms with Crippen molar-refractivity contribution in [1.29, 1.82) is 0 Å². The Morgan fingerprint density at radius 2 is 1.37 bits per heavy atom. The number of sulfonamides is 2. The molecular weight excluding hydrogens is 464 g/mol. The minimum absolute atomic E-state index is 0.493. The Kier molecular flexibility index (Phi) is 11.2. The summed E-state index contributed by atoms with van der Waals surface area (Å²) >= 11 is 0. The quantitative estimate of drug-likeness (QED) is 0.371. The number of hydrogen-bond acceptors (Lipinski definition) is 6. The summed E-state index contributed by atoms with van der Waals surface area (Å²) < 4.78 is 108. The molecule has 0 spiro atoms. The van der Waals surface area contributed by atoms with Crippen LogP contribution < -0.4 is 4.13 Å². The minimum atomic E-state index is -6.60. The van der Waals surface area contributed by atoms with E-state index in [0.29, 0.717) is 0 Å². The fourth-order valence-electron chi connectivity index (χ4n) is 2.08. The standard InChI is InChI=1S/C13H24N2.C2HF6NO4S2/c1-3-5-6-7-8-9-10-15-12-11-14(4-2)13-15;3-1(4,5)14(10,11)9-15(12,13)2(6,7)8/h4,11-12H,2-3,5-10,13H2,1H3;9H. The van der Waals surface area contributed by atoms with Crippen LogP contribution in [0.15, 0.2) is 25.2 Å².